The largest absolute Gasteiger partial charge is 0.506 e. The summed E-state index contributed by atoms with van der Waals surface area (Å²) in [5.41, 5.74) is 5.15. The van der Waals surface area contributed by atoms with Crippen LogP contribution in [0.1, 0.15) is 18.1 Å². The van der Waals surface area contributed by atoms with Gasteiger partial charge >= 0.3 is 0 Å². The number of methoxy groups -OCH3 is 1. The van der Waals surface area contributed by atoms with E-state index in [0.717, 1.165) is 28.5 Å². The summed E-state index contributed by atoms with van der Waals surface area (Å²) in [5, 5.41) is 7.97. The zero-order valence-corrected chi connectivity index (χ0v) is 17.4. The van der Waals surface area contributed by atoms with Gasteiger partial charge in [-0.3, -0.25) is 4.79 Å². The van der Waals surface area contributed by atoms with Gasteiger partial charge in [-0.2, -0.15) is 0 Å². The van der Waals surface area contributed by atoms with E-state index in [9.17, 15) is 4.79 Å². The van der Waals surface area contributed by atoms with Crippen molar-refractivity contribution in [1.29, 1.82) is 0 Å². The summed E-state index contributed by atoms with van der Waals surface area (Å²) in [5.74, 6) is 0.000509. The molecule has 0 atom stereocenters. The van der Waals surface area contributed by atoms with Crippen molar-refractivity contribution in [1.82, 2.24) is 0 Å². The maximum atomic E-state index is 9.69. The van der Waals surface area contributed by atoms with Crippen LogP contribution in [0.4, 0.5) is 0 Å². The van der Waals surface area contributed by atoms with E-state index in [0.29, 0.717) is 5.57 Å². The maximum Gasteiger partial charge on any atom is 0.245 e. The summed E-state index contributed by atoms with van der Waals surface area (Å²) < 4.78 is 5.47. The predicted molar refractivity (Wildman–Crippen MR) is 93.5 cm³/mol. The van der Waals surface area contributed by atoms with Crippen molar-refractivity contribution in [2.75, 3.05) is 7.11 Å². The van der Waals surface area contributed by atoms with Crippen molar-refractivity contribution in [3.63, 3.8) is 0 Å². The Morgan fingerprint density at radius 2 is 1.96 bits per heavy atom. The molecule has 0 amide bonds. The Hall–Kier alpha value is -1.58. The van der Waals surface area contributed by atoms with Gasteiger partial charge in [0.15, 0.2) is 0 Å². The Bertz CT molecular complexity index is 688. The van der Waals surface area contributed by atoms with Crippen molar-refractivity contribution < 1.29 is 47.3 Å². The van der Waals surface area contributed by atoms with Crippen molar-refractivity contribution in [3.8, 4) is 16.9 Å². The van der Waals surface area contributed by atoms with Crippen LogP contribution in [-0.4, -0.2) is 18.2 Å². The molecule has 0 aliphatic carbocycles. The number of benzene rings is 2. The predicted octanol–water partition coefficient (Wildman–Crippen LogP) is 4.63. The van der Waals surface area contributed by atoms with Gasteiger partial charge in [0.25, 0.3) is 0 Å². The second kappa shape index (κ2) is 11.1. The van der Waals surface area contributed by atoms with Crippen molar-refractivity contribution in [2.45, 2.75) is 20.8 Å². The number of allylic oxidation sites excluding steroid dienone is 1. The van der Waals surface area contributed by atoms with Crippen LogP contribution in [0.15, 0.2) is 48.0 Å². The second-order valence-electron chi connectivity index (χ2n) is 5.27. The molecule has 2 aromatic carbocycles. The molecule has 3 nitrogen and oxygen atoms in total. The number of ether oxygens (including phenoxy) is 1. The van der Waals surface area contributed by atoms with Crippen LogP contribution in [-0.2, 0) is 37.5 Å². The van der Waals surface area contributed by atoms with E-state index < -0.39 is 5.97 Å². The summed E-state index contributed by atoms with van der Waals surface area (Å²) in [7, 11) is 1.71. The fourth-order valence-electron chi connectivity index (χ4n) is 2.20. The molecule has 2 aromatic rings. The minimum atomic E-state index is -0.937. The molecule has 0 heterocycles. The third-order valence-electron chi connectivity index (χ3n) is 2.99. The third kappa shape index (κ3) is 7.33. The van der Waals surface area contributed by atoms with Gasteiger partial charge in [0.05, 0.1) is 12.9 Å². The quantitative estimate of drug-likeness (QED) is 0.605. The number of rotatable bonds is 3. The van der Waals surface area contributed by atoms with Crippen LogP contribution in [0.5, 0.6) is 5.75 Å². The molecule has 0 aliphatic heterocycles. The average molecular weight is 399 g/mol. The number of aryl methyl sites for hydroxylation is 2. The van der Waals surface area contributed by atoms with Gasteiger partial charge in [0, 0.05) is 32.7 Å². The monoisotopic (exact) mass is 399 g/mol. The minimum Gasteiger partial charge on any atom is -0.506 e. The van der Waals surface area contributed by atoms with E-state index in [1.807, 2.05) is 18.2 Å². The van der Waals surface area contributed by atoms with Gasteiger partial charge in [0.2, 0.25) is 5.97 Å². The molecule has 0 spiro atoms. The van der Waals surface area contributed by atoms with Gasteiger partial charge in [-0.1, -0.05) is 30.2 Å². The first-order chi connectivity index (χ1) is 10.8. The normalized spacial score (nSPS) is 10.1. The standard InChI is InChI=1S/C15H15O.C5H7O2.Y/c1-11-9-12(2)15(16-3)14(10-11)13-7-5-4-6-8-13;1-4(2)3-5(6)7;/h4-7,9-10H,1-3H3;3H,1H2,2H3,(H,6,7);/q2*-1;/b;4-3-;. The zero-order chi connectivity index (χ0) is 17.4. The fraction of sp³-hybridized carbons (Fsp3) is 0.200. The molecule has 24 heavy (non-hydrogen) atoms. The Morgan fingerprint density at radius 1 is 1.29 bits per heavy atom. The molecule has 1 radical (unpaired) electrons. The molecule has 1 N–H and O–H groups in total. The second-order valence-corrected chi connectivity index (χ2v) is 5.27. The molecule has 0 fully saturated rings. The molecule has 0 bridgehead atoms. The van der Waals surface area contributed by atoms with Gasteiger partial charge in [-0.25, -0.2) is 12.5 Å². The maximum absolute atomic E-state index is 9.69. The average Bonchev–Trinajstić information content (AvgIpc) is 2.46. The topological polar surface area (TPSA) is 46.5 Å². The van der Waals surface area contributed by atoms with Gasteiger partial charge in [0.1, 0.15) is 0 Å². The van der Waals surface area contributed by atoms with Crippen molar-refractivity contribution in [2.24, 2.45) is 0 Å². The number of carboxylic acids is 1. The smallest absolute Gasteiger partial charge is 0.245 e. The van der Waals surface area contributed by atoms with Crippen LogP contribution >= 0.6 is 0 Å². The molecule has 0 aromatic heterocycles. The summed E-state index contributed by atoms with van der Waals surface area (Å²) in [6.45, 7) is 9.16. The van der Waals surface area contributed by atoms with E-state index in [4.69, 9.17) is 9.84 Å². The van der Waals surface area contributed by atoms with E-state index in [1.54, 1.807) is 14.0 Å². The van der Waals surface area contributed by atoms with Crippen LogP contribution in [0, 0.1) is 26.8 Å². The van der Waals surface area contributed by atoms with Crippen LogP contribution in [0.2, 0.25) is 0 Å². The van der Waals surface area contributed by atoms with E-state index >= 15 is 0 Å². The zero-order valence-electron chi connectivity index (χ0n) is 14.6. The van der Waals surface area contributed by atoms with Crippen molar-refractivity contribution in [3.05, 3.63) is 72.2 Å². The summed E-state index contributed by atoms with van der Waals surface area (Å²) >= 11 is 0. The first-order valence-corrected chi connectivity index (χ1v) is 7.20. The number of hydrogen-bond donors (Lipinski definition) is 1. The van der Waals surface area contributed by atoms with Gasteiger partial charge < -0.3 is 9.84 Å². The minimum absolute atomic E-state index is 0. The summed E-state index contributed by atoms with van der Waals surface area (Å²) in [6, 6.07) is 15.5. The molecule has 4 heteroatoms. The summed E-state index contributed by atoms with van der Waals surface area (Å²) in [6.07, 6.45) is 1.06. The van der Waals surface area contributed by atoms with Gasteiger partial charge in [-0.05, 0) is 19.4 Å². The SMILES string of the molecule is COc1c(C)cc(C)cc1-c1[c-]cccc1.[CH2-]/C(C)=C/C(=O)O.[Y]. The first kappa shape index (κ1) is 22.4. The van der Waals surface area contributed by atoms with Crippen LogP contribution in [0.25, 0.3) is 11.1 Å². The van der Waals surface area contributed by atoms with Crippen LogP contribution < -0.4 is 4.74 Å². The number of carboxylic acid groups (broad SMARTS) is 1. The fourth-order valence-corrected chi connectivity index (χ4v) is 2.20. The molecular weight excluding hydrogens is 377 g/mol. The number of carbonyl (C=O) groups is 1. The molecule has 0 saturated carbocycles. The Morgan fingerprint density at radius 3 is 2.38 bits per heavy atom. The Kier molecular flexibility index (Phi) is 10.3. The van der Waals surface area contributed by atoms with Gasteiger partial charge in [-0.15, -0.1) is 42.0 Å². The van der Waals surface area contributed by atoms with Crippen molar-refractivity contribution >= 4 is 5.97 Å². The molecular formula is C20H22O3Y-2. The number of hydrogen-bond acceptors (Lipinski definition) is 2. The molecule has 0 saturated heterocycles. The molecule has 125 valence electrons. The van der Waals surface area contributed by atoms with Crippen LogP contribution in [0.3, 0.4) is 0 Å². The Labute approximate surface area is 169 Å². The van der Waals surface area contributed by atoms with E-state index in [-0.39, 0.29) is 32.7 Å². The number of aliphatic carboxylic acids is 1. The van der Waals surface area contributed by atoms with E-state index in [2.05, 4.69) is 45.0 Å². The summed E-state index contributed by atoms with van der Waals surface area (Å²) in [4.78, 5) is 9.69. The molecule has 2 rings (SSSR count). The molecule has 0 unspecified atom stereocenters. The van der Waals surface area contributed by atoms with E-state index in [1.165, 1.54) is 5.56 Å². The molecule has 0 aliphatic rings. The third-order valence-corrected chi connectivity index (χ3v) is 2.99. The first-order valence-electron chi connectivity index (χ1n) is 7.20. The Balaban J connectivity index is 0.000000570.